The summed E-state index contributed by atoms with van der Waals surface area (Å²) in [7, 11) is -0.761. The quantitative estimate of drug-likeness (QED) is 0.827. The highest BCUT2D eigenvalue weighted by Crippen LogP contribution is 2.36. The van der Waals surface area contributed by atoms with Crippen LogP contribution in [0.3, 0.4) is 0 Å². The van der Waals surface area contributed by atoms with Crippen LogP contribution in [0.25, 0.3) is 0 Å². The molecule has 0 N–H and O–H groups in total. The molecule has 118 valence electrons. The second kappa shape index (κ2) is 6.14. The van der Waals surface area contributed by atoms with Gasteiger partial charge in [-0.3, -0.25) is 0 Å². The lowest BCUT2D eigenvalue weighted by molar-refractivity contribution is 0.316. The van der Waals surface area contributed by atoms with Crippen molar-refractivity contribution in [3.05, 3.63) is 30.3 Å². The number of hydrogen-bond acceptors (Lipinski definition) is 7. The van der Waals surface area contributed by atoms with E-state index in [0.29, 0.717) is 0 Å². The van der Waals surface area contributed by atoms with E-state index in [2.05, 4.69) is 9.97 Å². The molecule has 7 nitrogen and oxygen atoms in total. The summed E-state index contributed by atoms with van der Waals surface area (Å²) in [5.74, 6) is -0.883. The lowest BCUT2D eigenvalue weighted by atomic mass is 10.3. The third-order valence-corrected chi connectivity index (χ3v) is 3.78. The van der Waals surface area contributed by atoms with Gasteiger partial charge in [-0.25, -0.2) is 12.8 Å². The minimum atomic E-state index is -3.50. The van der Waals surface area contributed by atoms with Crippen molar-refractivity contribution >= 4 is 9.84 Å². The molecule has 9 heteroatoms. The standard InChI is InChI=1S/C13H13FN2O5S/c1-19-11-12(20-2)15-7-16-13(11)21-10-5-4-8(6-9(10)14)22(3,17)18/h4-7H,1-3H3. The largest absolute Gasteiger partial charge is 0.487 e. The number of ether oxygens (including phenoxy) is 3. The summed E-state index contributed by atoms with van der Waals surface area (Å²) < 4.78 is 52.1. The Morgan fingerprint density at radius 1 is 1.09 bits per heavy atom. The first-order chi connectivity index (χ1) is 10.4. The number of methoxy groups -OCH3 is 2. The monoisotopic (exact) mass is 328 g/mol. The van der Waals surface area contributed by atoms with E-state index in [1.165, 1.54) is 32.7 Å². The number of rotatable bonds is 5. The first kappa shape index (κ1) is 16.0. The van der Waals surface area contributed by atoms with Gasteiger partial charge >= 0.3 is 0 Å². The lowest BCUT2D eigenvalue weighted by Crippen LogP contribution is -2.01. The molecule has 0 unspecified atom stereocenters. The Morgan fingerprint density at radius 2 is 1.77 bits per heavy atom. The van der Waals surface area contributed by atoms with E-state index in [1.54, 1.807) is 0 Å². The van der Waals surface area contributed by atoms with Gasteiger partial charge in [-0.2, -0.15) is 9.97 Å². The van der Waals surface area contributed by atoms with E-state index in [-0.39, 0.29) is 28.2 Å². The maximum Gasteiger partial charge on any atom is 0.270 e. The maximum atomic E-state index is 14.0. The van der Waals surface area contributed by atoms with Gasteiger partial charge in [-0.05, 0) is 18.2 Å². The number of aromatic nitrogens is 2. The van der Waals surface area contributed by atoms with Gasteiger partial charge < -0.3 is 14.2 Å². The molecule has 0 bridgehead atoms. The highest BCUT2D eigenvalue weighted by atomic mass is 32.2. The minimum Gasteiger partial charge on any atom is -0.487 e. The average molecular weight is 328 g/mol. The number of hydrogen-bond donors (Lipinski definition) is 0. The molecule has 1 aromatic carbocycles. The van der Waals surface area contributed by atoms with Crippen LogP contribution in [0.1, 0.15) is 0 Å². The Hall–Kier alpha value is -2.42. The average Bonchev–Trinajstić information content (AvgIpc) is 2.47. The number of nitrogens with zero attached hydrogens (tertiary/aromatic N) is 2. The van der Waals surface area contributed by atoms with Crippen molar-refractivity contribution in [3.63, 3.8) is 0 Å². The van der Waals surface area contributed by atoms with Crippen LogP contribution < -0.4 is 14.2 Å². The fourth-order valence-electron chi connectivity index (χ4n) is 1.63. The summed E-state index contributed by atoms with van der Waals surface area (Å²) in [6, 6.07) is 3.30. The molecule has 0 saturated heterocycles. The topological polar surface area (TPSA) is 87.6 Å². The van der Waals surface area contributed by atoms with E-state index in [4.69, 9.17) is 14.2 Å². The van der Waals surface area contributed by atoms with Crippen molar-refractivity contribution in [2.24, 2.45) is 0 Å². The van der Waals surface area contributed by atoms with Crippen LogP contribution >= 0.6 is 0 Å². The third kappa shape index (κ3) is 3.25. The van der Waals surface area contributed by atoms with Crippen molar-refractivity contribution in [1.29, 1.82) is 0 Å². The highest BCUT2D eigenvalue weighted by molar-refractivity contribution is 7.90. The summed E-state index contributed by atoms with van der Waals surface area (Å²) in [5.41, 5.74) is 0. The van der Waals surface area contributed by atoms with Gasteiger partial charge in [-0.15, -0.1) is 0 Å². The molecule has 2 aromatic rings. The second-order valence-electron chi connectivity index (χ2n) is 4.19. The molecule has 0 aliphatic carbocycles. The van der Waals surface area contributed by atoms with Crippen LogP contribution in [-0.2, 0) is 9.84 Å². The van der Waals surface area contributed by atoms with Gasteiger partial charge in [0.15, 0.2) is 21.4 Å². The fourth-order valence-corrected chi connectivity index (χ4v) is 2.27. The highest BCUT2D eigenvalue weighted by Gasteiger charge is 2.18. The Morgan fingerprint density at radius 3 is 2.32 bits per heavy atom. The first-order valence-corrected chi connectivity index (χ1v) is 7.86. The molecule has 22 heavy (non-hydrogen) atoms. The molecular weight excluding hydrogens is 315 g/mol. The Kier molecular flexibility index (Phi) is 4.45. The summed E-state index contributed by atoms with van der Waals surface area (Å²) in [6.45, 7) is 0. The van der Waals surface area contributed by atoms with Gasteiger partial charge in [0.05, 0.1) is 19.1 Å². The van der Waals surface area contributed by atoms with Crippen molar-refractivity contribution in [3.8, 4) is 23.3 Å². The molecule has 0 aliphatic heterocycles. The lowest BCUT2D eigenvalue weighted by Gasteiger charge is -2.11. The Balaban J connectivity index is 2.40. The van der Waals surface area contributed by atoms with Crippen molar-refractivity contribution in [2.75, 3.05) is 20.5 Å². The summed E-state index contributed by atoms with van der Waals surface area (Å²) in [6.07, 6.45) is 2.15. The van der Waals surface area contributed by atoms with Gasteiger partial charge in [0.2, 0.25) is 5.75 Å². The summed E-state index contributed by atoms with van der Waals surface area (Å²) >= 11 is 0. The smallest absolute Gasteiger partial charge is 0.270 e. The van der Waals surface area contributed by atoms with Gasteiger partial charge in [-0.1, -0.05) is 0 Å². The normalized spacial score (nSPS) is 11.1. The zero-order valence-corrected chi connectivity index (χ0v) is 12.8. The zero-order valence-electron chi connectivity index (χ0n) is 12.0. The van der Waals surface area contributed by atoms with Gasteiger partial charge in [0.25, 0.3) is 11.8 Å². The molecule has 2 rings (SSSR count). The summed E-state index contributed by atoms with van der Waals surface area (Å²) in [5, 5.41) is 0. The molecule has 0 atom stereocenters. The molecule has 1 heterocycles. The van der Waals surface area contributed by atoms with E-state index < -0.39 is 15.7 Å². The number of halogens is 1. The van der Waals surface area contributed by atoms with Gasteiger partial charge in [0, 0.05) is 6.26 Å². The predicted molar refractivity (Wildman–Crippen MR) is 74.7 cm³/mol. The van der Waals surface area contributed by atoms with Crippen molar-refractivity contribution in [2.45, 2.75) is 4.90 Å². The van der Waals surface area contributed by atoms with Crippen LogP contribution in [0.15, 0.2) is 29.4 Å². The predicted octanol–water partition coefficient (Wildman–Crippen LogP) is 1.83. The van der Waals surface area contributed by atoms with Crippen molar-refractivity contribution in [1.82, 2.24) is 9.97 Å². The van der Waals surface area contributed by atoms with Crippen LogP contribution in [0.2, 0.25) is 0 Å². The molecule has 0 radical (unpaired) electrons. The van der Waals surface area contributed by atoms with E-state index >= 15 is 0 Å². The number of sulfone groups is 1. The fraction of sp³-hybridized carbons (Fsp3) is 0.231. The molecule has 1 aromatic heterocycles. The van der Waals surface area contributed by atoms with Crippen LogP contribution in [0.4, 0.5) is 4.39 Å². The minimum absolute atomic E-state index is 0.0552. The summed E-state index contributed by atoms with van der Waals surface area (Å²) in [4.78, 5) is 7.52. The maximum absolute atomic E-state index is 14.0. The van der Waals surface area contributed by atoms with Crippen LogP contribution in [0, 0.1) is 5.82 Å². The molecule has 0 aliphatic rings. The molecule has 0 spiro atoms. The molecule has 0 amide bonds. The van der Waals surface area contributed by atoms with E-state index in [9.17, 15) is 12.8 Å². The van der Waals surface area contributed by atoms with Crippen molar-refractivity contribution < 1.29 is 27.0 Å². The van der Waals surface area contributed by atoms with E-state index in [0.717, 1.165) is 12.3 Å². The Labute approximate surface area is 126 Å². The number of benzene rings is 1. The zero-order chi connectivity index (χ0) is 16.3. The molecule has 0 saturated carbocycles. The molecule has 0 fully saturated rings. The third-order valence-electron chi connectivity index (χ3n) is 2.67. The molecular formula is C13H13FN2O5S. The second-order valence-corrected chi connectivity index (χ2v) is 6.20. The first-order valence-electron chi connectivity index (χ1n) is 5.97. The van der Waals surface area contributed by atoms with Crippen LogP contribution in [-0.4, -0.2) is 38.9 Å². The Bertz CT molecular complexity index is 795. The van der Waals surface area contributed by atoms with Gasteiger partial charge in [0.1, 0.15) is 6.33 Å². The SMILES string of the molecule is COc1ncnc(Oc2ccc(S(C)(=O)=O)cc2F)c1OC. The van der Waals surface area contributed by atoms with E-state index in [1.807, 2.05) is 0 Å². The van der Waals surface area contributed by atoms with Crippen LogP contribution in [0.5, 0.6) is 23.3 Å².